The first-order chi connectivity index (χ1) is 17.3. The van der Waals surface area contributed by atoms with Crippen LogP contribution in [0.1, 0.15) is 23.6 Å². The SMILES string of the molecule is CCOc1cc(/C=C2\C(=O)NC(=O)N(c3ccc(O)cc3)C2=O)cc(Cl)c1OCc1ccc(C)cc1. The summed E-state index contributed by atoms with van der Waals surface area (Å²) in [7, 11) is 0. The molecule has 0 bridgehead atoms. The van der Waals surface area contributed by atoms with Gasteiger partial charge in [-0.25, -0.2) is 9.69 Å². The molecule has 0 unspecified atom stereocenters. The van der Waals surface area contributed by atoms with E-state index in [0.717, 1.165) is 16.0 Å². The van der Waals surface area contributed by atoms with Crippen molar-refractivity contribution < 1.29 is 29.0 Å². The van der Waals surface area contributed by atoms with Gasteiger partial charge in [0.1, 0.15) is 17.9 Å². The molecule has 8 nitrogen and oxygen atoms in total. The van der Waals surface area contributed by atoms with Crippen molar-refractivity contribution in [1.29, 1.82) is 0 Å². The van der Waals surface area contributed by atoms with Gasteiger partial charge >= 0.3 is 6.03 Å². The molecule has 184 valence electrons. The molecule has 1 heterocycles. The van der Waals surface area contributed by atoms with E-state index in [1.807, 2.05) is 38.1 Å². The van der Waals surface area contributed by atoms with Gasteiger partial charge in [0.05, 0.1) is 17.3 Å². The van der Waals surface area contributed by atoms with Crippen molar-refractivity contribution in [1.82, 2.24) is 5.32 Å². The maximum Gasteiger partial charge on any atom is 0.335 e. The Hall–Kier alpha value is -4.30. The van der Waals surface area contributed by atoms with Crippen LogP contribution in [-0.4, -0.2) is 29.6 Å². The van der Waals surface area contributed by atoms with Crippen LogP contribution < -0.4 is 19.7 Å². The molecule has 2 N–H and O–H groups in total. The highest BCUT2D eigenvalue weighted by Crippen LogP contribution is 2.38. The van der Waals surface area contributed by atoms with E-state index in [1.165, 1.54) is 30.3 Å². The largest absolute Gasteiger partial charge is 0.508 e. The number of imide groups is 2. The number of urea groups is 1. The lowest BCUT2D eigenvalue weighted by Gasteiger charge is -2.26. The maximum absolute atomic E-state index is 13.1. The molecule has 0 spiro atoms. The molecule has 0 aliphatic carbocycles. The van der Waals surface area contributed by atoms with Crippen molar-refractivity contribution in [3.8, 4) is 17.2 Å². The molecule has 3 aromatic rings. The summed E-state index contributed by atoms with van der Waals surface area (Å²) in [4.78, 5) is 38.8. The van der Waals surface area contributed by atoms with Gasteiger partial charge in [-0.1, -0.05) is 41.4 Å². The normalized spacial score (nSPS) is 14.7. The quantitative estimate of drug-likeness (QED) is 0.345. The number of halogens is 1. The number of benzene rings is 3. The van der Waals surface area contributed by atoms with Crippen LogP contribution in [0.15, 0.2) is 66.2 Å². The Morgan fingerprint density at radius 2 is 1.69 bits per heavy atom. The third-order valence-electron chi connectivity index (χ3n) is 5.36. The summed E-state index contributed by atoms with van der Waals surface area (Å²) in [5, 5.41) is 11.9. The first-order valence-electron chi connectivity index (χ1n) is 11.1. The minimum Gasteiger partial charge on any atom is -0.508 e. The average Bonchev–Trinajstić information content (AvgIpc) is 2.83. The van der Waals surface area contributed by atoms with Crippen molar-refractivity contribution in [2.75, 3.05) is 11.5 Å². The van der Waals surface area contributed by atoms with E-state index in [0.29, 0.717) is 23.7 Å². The van der Waals surface area contributed by atoms with Gasteiger partial charge in [-0.15, -0.1) is 0 Å². The summed E-state index contributed by atoms with van der Waals surface area (Å²) >= 11 is 6.51. The Morgan fingerprint density at radius 1 is 1.00 bits per heavy atom. The Morgan fingerprint density at radius 3 is 2.36 bits per heavy atom. The van der Waals surface area contributed by atoms with Crippen molar-refractivity contribution in [3.63, 3.8) is 0 Å². The minimum absolute atomic E-state index is 0.0294. The van der Waals surface area contributed by atoms with Crippen LogP contribution in [0.4, 0.5) is 10.5 Å². The number of amides is 4. The average molecular weight is 507 g/mol. The molecular formula is C27H23ClN2O6. The highest BCUT2D eigenvalue weighted by atomic mass is 35.5. The number of ether oxygens (including phenoxy) is 2. The smallest absolute Gasteiger partial charge is 0.335 e. The van der Waals surface area contributed by atoms with Crippen LogP contribution in [0.25, 0.3) is 6.08 Å². The van der Waals surface area contributed by atoms with Crippen molar-refractivity contribution in [2.45, 2.75) is 20.5 Å². The Bertz CT molecular complexity index is 1350. The van der Waals surface area contributed by atoms with Crippen LogP contribution in [0.3, 0.4) is 0 Å². The Balaban J connectivity index is 1.65. The molecule has 0 atom stereocenters. The number of hydrogen-bond donors (Lipinski definition) is 2. The number of rotatable bonds is 7. The Labute approximate surface area is 212 Å². The maximum atomic E-state index is 13.1. The second-order valence-electron chi connectivity index (χ2n) is 8.01. The topological polar surface area (TPSA) is 105 Å². The lowest BCUT2D eigenvalue weighted by Crippen LogP contribution is -2.54. The third-order valence-corrected chi connectivity index (χ3v) is 5.64. The van der Waals surface area contributed by atoms with Gasteiger partial charge in [-0.05, 0) is 67.4 Å². The van der Waals surface area contributed by atoms with E-state index in [4.69, 9.17) is 21.1 Å². The van der Waals surface area contributed by atoms with Gasteiger partial charge in [-0.2, -0.15) is 0 Å². The molecule has 0 radical (unpaired) electrons. The molecule has 1 fully saturated rings. The van der Waals surface area contributed by atoms with Gasteiger partial charge in [0, 0.05) is 0 Å². The lowest BCUT2D eigenvalue weighted by atomic mass is 10.1. The second-order valence-corrected chi connectivity index (χ2v) is 8.42. The zero-order chi connectivity index (χ0) is 25.8. The summed E-state index contributed by atoms with van der Waals surface area (Å²) in [5.74, 6) is -1.00. The van der Waals surface area contributed by atoms with E-state index < -0.39 is 17.8 Å². The van der Waals surface area contributed by atoms with Crippen LogP contribution >= 0.6 is 11.6 Å². The molecule has 9 heteroatoms. The molecule has 4 rings (SSSR count). The number of barbiturate groups is 1. The number of carbonyl (C=O) groups excluding carboxylic acids is 3. The van der Waals surface area contributed by atoms with Crippen molar-refractivity contribution >= 4 is 41.2 Å². The summed E-state index contributed by atoms with van der Waals surface area (Å²) < 4.78 is 11.7. The predicted molar refractivity (Wildman–Crippen MR) is 135 cm³/mol. The van der Waals surface area contributed by atoms with E-state index in [1.54, 1.807) is 12.1 Å². The lowest BCUT2D eigenvalue weighted by molar-refractivity contribution is -0.122. The number of carbonyl (C=O) groups is 3. The minimum atomic E-state index is -0.888. The molecule has 3 aromatic carbocycles. The third kappa shape index (κ3) is 5.34. The van der Waals surface area contributed by atoms with E-state index in [-0.39, 0.29) is 28.6 Å². The van der Waals surface area contributed by atoms with Crippen LogP contribution in [-0.2, 0) is 16.2 Å². The highest BCUT2D eigenvalue weighted by molar-refractivity contribution is 6.39. The van der Waals surface area contributed by atoms with Gasteiger partial charge < -0.3 is 14.6 Å². The molecular weight excluding hydrogens is 484 g/mol. The fourth-order valence-electron chi connectivity index (χ4n) is 3.57. The number of nitrogens with zero attached hydrogens (tertiary/aromatic N) is 1. The number of phenols is 1. The molecule has 36 heavy (non-hydrogen) atoms. The van der Waals surface area contributed by atoms with Crippen LogP contribution in [0.2, 0.25) is 5.02 Å². The monoisotopic (exact) mass is 506 g/mol. The fraction of sp³-hybridized carbons (Fsp3) is 0.148. The van der Waals surface area contributed by atoms with Gasteiger partial charge in [0.15, 0.2) is 11.5 Å². The van der Waals surface area contributed by atoms with E-state index >= 15 is 0 Å². The summed E-state index contributed by atoms with van der Waals surface area (Å²) in [5.41, 5.74) is 2.42. The van der Waals surface area contributed by atoms with E-state index in [9.17, 15) is 19.5 Å². The molecule has 1 saturated heterocycles. The predicted octanol–water partition coefficient (Wildman–Crippen LogP) is 5.00. The van der Waals surface area contributed by atoms with E-state index in [2.05, 4.69) is 5.32 Å². The zero-order valence-electron chi connectivity index (χ0n) is 19.6. The number of aromatic hydroxyl groups is 1. The molecule has 1 aliphatic rings. The Kier molecular flexibility index (Phi) is 7.26. The molecule has 4 amide bonds. The van der Waals surface area contributed by atoms with Crippen LogP contribution in [0, 0.1) is 6.92 Å². The second kappa shape index (κ2) is 10.5. The first-order valence-corrected chi connectivity index (χ1v) is 11.5. The molecule has 0 saturated carbocycles. The summed E-state index contributed by atoms with van der Waals surface area (Å²) in [6.07, 6.45) is 1.33. The standard InChI is InChI=1S/C27H23ClN2O6/c1-3-35-23-14-18(13-22(28)24(23)36-15-17-6-4-16(2)5-7-17)12-21-25(32)29-27(34)30(26(21)33)19-8-10-20(31)11-9-19/h4-14,31H,3,15H2,1-2H3,(H,29,32,34)/b21-12+. The summed E-state index contributed by atoms with van der Waals surface area (Å²) in [6, 6.07) is 15.6. The number of aryl methyl sites for hydroxylation is 1. The van der Waals surface area contributed by atoms with Gasteiger partial charge in [-0.3, -0.25) is 14.9 Å². The number of hydrogen-bond acceptors (Lipinski definition) is 6. The van der Waals surface area contributed by atoms with Crippen molar-refractivity contribution in [3.05, 3.63) is 87.9 Å². The zero-order valence-corrected chi connectivity index (χ0v) is 20.3. The summed E-state index contributed by atoms with van der Waals surface area (Å²) in [6.45, 7) is 4.41. The number of anilines is 1. The molecule has 0 aromatic heterocycles. The number of phenolic OH excluding ortho intramolecular Hbond substituents is 1. The first kappa shape index (κ1) is 24.8. The molecule has 1 aliphatic heterocycles. The fourth-order valence-corrected chi connectivity index (χ4v) is 3.85. The van der Waals surface area contributed by atoms with Gasteiger partial charge in [0.25, 0.3) is 11.8 Å². The van der Waals surface area contributed by atoms with Crippen molar-refractivity contribution in [2.24, 2.45) is 0 Å². The number of nitrogens with one attached hydrogen (secondary N) is 1. The van der Waals surface area contributed by atoms with Crippen LogP contribution in [0.5, 0.6) is 17.2 Å². The van der Waals surface area contributed by atoms with Gasteiger partial charge in [0.2, 0.25) is 0 Å². The highest BCUT2D eigenvalue weighted by Gasteiger charge is 2.36.